The molecule has 128 valence electrons. The highest BCUT2D eigenvalue weighted by Crippen LogP contribution is 2.15. The van der Waals surface area contributed by atoms with Gasteiger partial charge in [-0.1, -0.05) is 29.8 Å². The molecule has 0 aliphatic rings. The number of carbonyl (C=O) groups is 2. The van der Waals surface area contributed by atoms with Crippen molar-refractivity contribution in [2.45, 2.75) is 19.9 Å². The van der Waals surface area contributed by atoms with Crippen molar-refractivity contribution >= 4 is 27.7 Å². The fourth-order valence-corrected chi connectivity index (χ4v) is 1.94. The standard InChI is InChI=1S/C16H24BrN3O3/c1-11(2)15(18)16(22)19-10-14(21)20(3)8-9-23-13-6-4-12(17)5-7-13/h4-7,11,15H,8-10,18H2,1-3H3,(H,19,22)/t15-/m0/s1. The van der Waals surface area contributed by atoms with Crippen molar-refractivity contribution in [3.8, 4) is 5.75 Å². The summed E-state index contributed by atoms with van der Waals surface area (Å²) < 4.78 is 6.53. The summed E-state index contributed by atoms with van der Waals surface area (Å²) >= 11 is 3.35. The van der Waals surface area contributed by atoms with Gasteiger partial charge in [0.25, 0.3) is 0 Å². The van der Waals surface area contributed by atoms with E-state index < -0.39 is 6.04 Å². The quantitative estimate of drug-likeness (QED) is 0.707. The van der Waals surface area contributed by atoms with Gasteiger partial charge in [0.15, 0.2) is 0 Å². The minimum atomic E-state index is -0.603. The number of halogens is 1. The average Bonchev–Trinajstić information content (AvgIpc) is 2.53. The van der Waals surface area contributed by atoms with Crippen LogP contribution in [-0.2, 0) is 9.59 Å². The first-order valence-corrected chi connectivity index (χ1v) is 8.26. The minimum Gasteiger partial charge on any atom is -0.492 e. The van der Waals surface area contributed by atoms with E-state index in [1.165, 1.54) is 4.90 Å². The third kappa shape index (κ3) is 7.00. The highest BCUT2D eigenvalue weighted by atomic mass is 79.9. The summed E-state index contributed by atoms with van der Waals surface area (Å²) in [5, 5.41) is 2.56. The molecule has 0 heterocycles. The molecule has 0 aliphatic heterocycles. The van der Waals surface area contributed by atoms with E-state index >= 15 is 0 Å². The van der Waals surface area contributed by atoms with Gasteiger partial charge in [0.1, 0.15) is 12.4 Å². The predicted molar refractivity (Wildman–Crippen MR) is 93.1 cm³/mol. The summed E-state index contributed by atoms with van der Waals surface area (Å²) in [5.74, 6) is 0.272. The van der Waals surface area contributed by atoms with Crippen LogP contribution in [0.1, 0.15) is 13.8 Å². The van der Waals surface area contributed by atoms with Crippen LogP contribution in [0.15, 0.2) is 28.7 Å². The smallest absolute Gasteiger partial charge is 0.241 e. The number of carbonyl (C=O) groups excluding carboxylic acids is 2. The second-order valence-corrected chi connectivity index (χ2v) is 6.52. The van der Waals surface area contributed by atoms with Gasteiger partial charge in [-0.2, -0.15) is 0 Å². The molecule has 7 heteroatoms. The van der Waals surface area contributed by atoms with Crippen molar-refractivity contribution < 1.29 is 14.3 Å². The average molecular weight is 386 g/mol. The molecule has 23 heavy (non-hydrogen) atoms. The van der Waals surface area contributed by atoms with Gasteiger partial charge in [0, 0.05) is 11.5 Å². The molecular weight excluding hydrogens is 362 g/mol. The number of nitrogens with one attached hydrogen (secondary N) is 1. The number of nitrogens with zero attached hydrogens (tertiary/aromatic N) is 1. The monoisotopic (exact) mass is 385 g/mol. The molecule has 0 saturated heterocycles. The Morgan fingerprint density at radius 1 is 1.30 bits per heavy atom. The second kappa shape index (κ2) is 9.52. The Morgan fingerprint density at radius 3 is 2.48 bits per heavy atom. The predicted octanol–water partition coefficient (Wildman–Crippen LogP) is 1.39. The van der Waals surface area contributed by atoms with Crippen LogP contribution in [0.5, 0.6) is 5.75 Å². The lowest BCUT2D eigenvalue weighted by atomic mass is 10.1. The summed E-state index contributed by atoms with van der Waals surface area (Å²) in [6.45, 7) is 4.47. The van der Waals surface area contributed by atoms with Crippen LogP contribution in [0.4, 0.5) is 0 Å². The van der Waals surface area contributed by atoms with Crippen LogP contribution in [0.3, 0.4) is 0 Å². The molecular formula is C16H24BrN3O3. The van der Waals surface area contributed by atoms with Crippen molar-refractivity contribution in [2.24, 2.45) is 11.7 Å². The van der Waals surface area contributed by atoms with Gasteiger partial charge < -0.3 is 20.7 Å². The Morgan fingerprint density at radius 2 is 1.91 bits per heavy atom. The fraction of sp³-hybridized carbons (Fsp3) is 0.500. The Labute approximate surface area is 145 Å². The lowest BCUT2D eigenvalue weighted by molar-refractivity contribution is -0.132. The van der Waals surface area contributed by atoms with Gasteiger partial charge in [-0.25, -0.2) is 0 Å². The zero-order valence-electron chi connectivity index (χ0n) is 13.7. The number of amides is 2. The van der Waals surface area contributed by atoms with Crippen molar-refractivity contribution in [3.05, 3.63) is 28.7 Å². The van der Waals surface area contributed by atoms with Crippen LogP contribution >= 0.6 is 15.9 Å². The van der Waals surface area contributed by atoms with Gasteiger partial charge >= 0.3 is 0 Å². The van der Waals surface area contributed by atoms with Crippen LogP contribution in [0.2, 0.25) is 0 Å². The topological polar surface area (TPSA) is 84.7 Å². The normalized spacial score (nSPS) is 11.9. The molecule has 0 fully saturated rings. The van der Waals surface area contributed by atoms with Crippen LogP contribution in [0, 0.1) is 5.92 Å². The van der Waals surface area contributed by atoms with E-state index in [-0.39, 0.29) is 24.3 Å². The number of hydrogen-bond acceptors (Lipinski definition) is 4. The minimum absolute atomic E-state index is 0.0298. The lowest BCUT2D eigenvalue weighted by Crippen LogP contribution is -2.47. The molecule has 0 spiro atoms. The molecule has 6 nitrogen and oxygen atoms in total. The SMILES string of the molecule is CC(C)[C@H](N)C(=O)NCC(=O)N(C)CCOc1ccc(Br)cc1. The lowest BCUT2D eigenvalue weighted by Gasteiger charge is -2.19. The molecule has 3 N–H and O–H groups in total. The van der Waals surface area contributed by atoms with Crippen LogP contribution in [0.25, 0.3) is 0 Å². The van der Waals surface area contributed by atoms with E-state index in [0.717, 1.165) is 10.2 Å². The van der Waals surface area contributed by atoms with E-state index in [1.807, 2.05) is 38.1 Å². The molecule has 0 saturated carbocycles. The summed E-state index contributed by atoms with van der Waals surface area (Å²) in [6, 6.07) is 6.86. The highest BCUT2D eigenvalue weighted by Gasteiger charge is 2.18. The van der Waals surface area contributed by atoms with Gasteiger partial charge in [0.2, 0.25) is 11.8 Å². The van der Waals surface area contributed by atoms with E-state index in [1.54, 1.807) is 7.05 Å². The molecule has 0 aromatic heterocycles. The molecule has 2 amide bonds. The third-order valence-electron chi connectivity index (χ3n) is 3.37. The number of likely N-dealkylation sites (N-methyl/N-ethyl adjacent to an activating group) is 1. The van der Waals surface area contributed by atoms with Gasteiger partial charge in [0.05, 0.1) is 19.1 Å². The van der Waals surface area contributed by atoms with E-state index in [4.69, 9.17) is 10.5 Å². The van der Waals surface area contributed by atoms with Crippen molar-refractivity contribution in [3.63, 3.8) is 0 Å². The van der Waals surface area contributed by atoms with E-state index in [2.05, 4.69) is 21.2 Å². The Bertz CT molecular complexity index is 520. The van der Waals surface area contributed by atoms with E-state index in [0.29, 0.717) is 13.2 Å². The first kappa shape index (κ1) is 19.4. The number of hydrogen-bond donors (Lipinski definition) is 2. The Balaban J connectivity index is 2.28. The maximum absolute atomic E-state index is 11.9. The number of rotatable bonds is 8. The first-order valence-electron chi connectivity index (χ1n) is 7.47. The molecule has 0 aliphatic carbocycles. The molecule has 1 atom stereocenters. The molecule has 0 unspecified atom stereocenters. The largest absolute Gasteiger partial charge is 0.492 e. The van der Waals surface area contributed by atoms with Gasteiger partial charge in [-0.05, 0) is 30.2 Å². The zero-order chi connectivity index (χ0) is 17.4. The van der Waals surface area contributed by atoms with Gasteiger partial charge in [-0.15, -0.1) is 0 Å². The number of nitrogens with two attached hydrogens (primary N) is 1. The first-order chi connectivity index (χ1) is 10.8. The summed E-state index contributed by atoms with van der Waals surface area (Å²) in [7, 11) is 1.67. The Kier molecular flexibility index (Phi) is 8.05. The summed E-state index contributed by atoms with van der Waals surface area (Å²) in [6.07, 6.45) is 0. The van der Waals surface area contributed by atoms with Crippen LogP contribution in [-0.4, -0.2) is 49.5 Å². The van der Waals surface area contributed by atoms with Gasteiger partial charge in [-0.3, -0.25) is 9.59 Å². The zero-order valence-corrected chi connectivity index (χ0v) is 15.3. The molecule has 1 aromatic rings. The summed E-state index contributed by atoms with van der Waals surface area (Å²) in [4.78, 5) is 25.2. The van der Waals surface area contributed by atoms with Crippen molar-refractivity contribution in [1.82, 2.24) is 10.2 Å². The van der Waals surface area contributed by atoms with Crippen molar-refractivity contribution in [2.75, 3.05) is 26.7 Å². The maximum atomic E-state index is 11.9. The fourth-order valence-electron chi connectivity index (χ4n) is 1.67. The third-order valence-corrected chi connectivity index (χ3v) is 3.90. The highest BCUT2D eigenvalue weighted by molar-refractivity contribution is 9.10. The molecule has 0 radical (unpaired) electrons. The van der Waals surface area contributed by atoms with Crippen molar-refractivity contribution in [1.29, 1.82) is 0 Å². The molecule has 1 rings (SSSR count). The van der Waals surface area contributed by atoms with Crippen LogP contribution < -0.4 is 15.8 Å². The number of benzene rings is 1. The number of ether oxygens (including phenoxy) is 1. The second-order valence-electron chi connectivity index (χ2n) is 5.61. The molecule has 1 aromatic carbocycles. The summed E-state index contributed by atoms with van der Waals surface area (Å²) in [5.41, 5.74) is 5.72. The molecule has 0 bridgehead atoms. The Hall–Kier alpha value is -1.60. The maximum Gasteiger partial charge on any atom is 0.241 e. The van der Waals surface area contributed by atoms with E-state index in [9.17, 15) is 9.59 Å².